The number of rotatable bonds is 31. The highest BCUT2D eigenvalue weighted by Gasteiger charge is 2.24. The van der Waals surface area contributed by atoms with Crippen molar-refractivity contribution in [2.24, 2.45) is 5.92 Å². The summed E-state index contributed by atoms with van der Waals surface area (Å²) in [6.45, 7) is 14.2. The van der Waals surface area contributed by atoms with Crippen LogP contribution in [-0.2, 0) is 39.9 Å². The standard InChI is InChI=1S/C49H70N10O10/c1-7-9-24-69-48-57-44(50)43-45(58-48)59(49(65)56-43)31-35-12-17-37(18-13-35)46(63)52-23-26-67-28-27-66-25-22-51-40(60)21-19-38(47(64)68-8-2)53-29-39(33(5)6)55-42(62)30-54-41(61)20-14-34-10-15-36(16-11-34)32(3)4/h10-18,20,32-33,38-39,53H,7-9,19,21-31H2,1-6H3,(H,51,60)(H,52,63)(H,54,61)(H,55,62)(H,56,65)(H2,50,57,58)/b20-14+/t38-,39-/m1/s1. The number of nitrogen functional groups attached to an aromatic ring is 1. The van der Waals surface area contributed by atoms with Crippen molar-refractivity contribution >= 4 is 52.7 Å². The van der Waals surface area contributed by atoms with Crippen molar-refractivity contribution in [1.29, 1.82) is 0 Å². The van der Waals surface area contributed by atoms with Gasteiger partial charge in [0.25, 0.3) is 5.91 Å². The molecule has 4 rings (SSSR count). The third kappa shape index (κ3) is 19.1. The molecule has 0 spiro atoms. The van der Waals surface area contributed by atoms with Gasteiger partial charge in [0.1, 0.15) is 11.6 Å². The highest BCUT2D eigenvalue weighted by Crippen LogP contribution is 2.19. The third-order valence-electron chi connectivity index (χ3n) is 10.8. The van der Waals surface area contributed by atoms with E-state index in [2.05, 4.69) is 55.4 Å². The molecule has 69 heavy (non-hydrogen) atoms. The Morgan fingerprint density at radius 2 is 1.54 bits per heavy atom. The van der Waals surface area contributed by atoms with Crippen LogP contribution < -0.4 is 42.7 Å². The molecule has 4 amide bonds. The van der Waals surface area contributed by atoms with Crippen LogP contribution in [0.2, 0.25) is 0 Å². The van der Waals surface area contributed by atoms with Crippen molar-refractivity contribution in [3.8, 4) is 6.01 Å². The van der Waals surface area contributed by atoms with E-state index in [1.165, 1.54) is 16.2 Å². The number of esters is 1. The number of fused-ring (bicyclic) bond motifs is 1. The van der Waals surface area contributed by atoms with Crippen LogP contribution in [0.15, 0.2) is 59.4 Å². The zero-order valence-corrected chi connectivity index (χ0v) is 40.7. The SMILES string of the molecule is CCCCOc1nc(N)c2[nH]c(=O)n(Cc3ccc(C(=O)NCCOCCOCCNC(=O)CC[C@@H](NC[C@@H](NC(=O)CNC(=O)/C=C/c4ccc(C(C)C)cc4)C(C)C)C(=O)OCC)cc3)c2n1. The van der Waals surface area contributed by atoms with Crippen molar-refractivity contribution in [1.82, 2.24) is 46.1 Å². The highest BCUT2D eigenvalue weighted by molar-refractivity contribution is 5.95. The van der Waals surface area contributed by atoms with E-state index in [0.717, 1.165) is 24.0 Å². The van der Waals surface area contributed by atoms with Gasteiger partial charge >= 0.3 is 17.7 Å². The smallest absolute Gasteiger partial charge is 0.328 e. The van der Waals surface area contributed by atoms with Crippen LogP contribution in [0.5, 0.6) is 6.01 Å². The summed E-state index contributed by atoms with van der Waals surface area (Å²) in [4.78, 5) is 87.3. The van der Waals surface area contributed by atoms with E-state index in [4.69, 9.17) is 24.7 Å². The van der Waals surface area contributed by atoms with Crippen LogP contribution in [0.4, 0.5) is 5.82 Å². The molecular formula is C49H70N10O10. The van der Waals surface area contributed by atoms with Gasteiger partial charge in [-0.15, -0.1) is 0 Å². The molecule has 376 valence electrons. The third-order valence-corrected chi connectivity index (χ3v) is 10.8. The van der Waals surface area contributed by atoms with Crippen LogP contribution in [-0.4, -0.2) is 127 Å². The number of amides is 4. The summed E-state index contributed by atoms with van der Waals surface area (Å²) < 4.78 is 23.4. The van der Waals surface area contributed by atoms with Crippen molar-refractivity contribution in [2.45, 2.75) is 91.8 Å². The molecule has 2 aromatic carbocycles. The molecule has 0 bridgehead atoms. The Hall–Kier alpha value is -6.64. The Kier molecular flexibility index (Phi) is 23.3. The molecule has 4 aromatic rings. The lowest BCUT2D eigenvalue weighted by molar-refractivity contribution is -0.146. The lowest BCUT2D eigenvalue weighted by atomic mass is 10.0. The van der Waals surface area contributed by atoms with Crippen LogP contribution in [0, 0.1) is 5.92 Å². The van der Waals surface area contributed by atoms with E-state index in [9.17, 15) is 28.8 Å². The van der Waals surface area contributed by atoms with Gasteiger partial charge in [0.2, 0.25) is 17.7 Å². The number of unbranched alkanes of at least 4 members (excludes halogenated alkanes) is 1. The summed E-state index contributed by atoms with van der Waals surface area (Å²) in [6, 6.07) is 13.7. The summed E-state index contributed by atoms with van der Waals surface area (Å²) in [6.07, 6.45) is 5.05. The molecule has 8 N–H and O–H groups in total. The van der Waals surface area contributed by atoms with E-state index in [1.807, 2.05) is 45.0 Å². The molecule has 20 nitrogen and oxygen atoms in total. The molecule has 0 saturated carbocycles. The largest absolute Gasteiger partial charge is 0.465 e. The summed E-state index contributed by atoms with van der Waals surface area (Å²) in [5, 5.41) is 14.3. The zero-order chi connectivity index (χ0) is 50.1. The first-order valence-electron chi connectivity index (χ1n) is 23.6. The predicted molar refractivity (Wildman–Crippen MR) is 262 cm³/mol. The molecule has 0 aliphatic carbocycles. The maximum absolute atomic E-state index is 12.8. The lowest BCUT2D eigenvalue weighted by Crippen LogP contribution is -2.51. The van der Waals surface area contributed by atoms with Gasteiger partial charge in [-0.25, -0.2) is 4.79 Å². The van der Waals surface area contributed by atoms with Crippen LogP contribution in [0.25, 0.3) is 17.2 Å². The van der Waals surface area contributed by atoms with Crippen molar-refractivity contribution < 1.29 is 42.9 Å². The number of hydrogen-bond donors (Lipinski definition) is 7. The average Bonchev–Trinajstić information content (AvgIpc) is 3.64. The van der Waals surface area contributed by atoms with Crippen molar-refractivity contribution in [2.75, 3.05) is 71.6 Å². The van der Waals surface area contributed by atoms with Gasteiger partial charge in [0, 0.05) is 43.7 Å². The van der Waals surface area contributed by atoms with E-state index >= 15 is 0 Å². The first kappa shape index (κ1) is 55.0. The lowest BCUT2D eigenvalue weighted by Gasteiger charge is -2.25. The number of ether oxygens (including phenoxy) is 4. The van der Waals surface area contributed by atoms with Gasteiger partial charge in [-0.05, 0) is 66.5 Å². The average molecular weight is 959 g/mol. The van der Waals surface area contributed by atoms with Gasteiger partial charge in [-0.3, -0.25) is 28.5 Å². The number of H-pyrrole nitrogens is 1. The van der Waals surface area contributed by atoms with Gasteiger partial charge in [-0.1, -0.05) is 77.4 Å². The van der Waals surface area contributed by atoms with Crippen molar-refractivity contribution in [3.05, 3.63) is 87.3 Å². The molecule has 20 heteroatoms. The van der Waals surface area contributed by atoms with Crippen LogP contribution >= 0.6 is 0 Å². The maximum atomic E-state index is 12.8. The normalized spacial score (nSPS) is 12.3. The molecule has 0 fully saturated rings. The summed E-state index contributed by atoms with van der Waals surface area (Å²) in [5.41, 5.74) is 9.60. The van der Waals surface area contributed by atoms with Gasteiger partial charge in [0.05, 0.1) is 52.7 Å². The zero-order valence-electron chi connectivity index (χ0n) is 40.7. The Morgan fingerprint density at radius 3 is 2.19 bits per heavy atom. The molecule has 0 unspecified atom stereocenters. The molecule has 2 aromatic heterocycles. The second kappa shape index (κ2) is 29.3. The molecule has 0 aliphatic rings. The monoisotopic (exact) mass is 959 g/mol. The molecule has 2 heterocycles. The van der Waals surface area contributed by atoms with Crippen LogP contribution in [0.1, 0.15) is 100 Å². The minimum atomic E-state index is -0.788. The first-order valence-corrected chi connectivity index (χ1v) is 23.6. The molecular weight excluding hydrogens is 889 g/mol. The Labute approximate surface area is 403 Å². The Bertz CT molecular complexity index is 2350. The number of nitrogens with two attached hydrogens (primary N) is 1. The van der Waals surface area contributed by atoms with E-state index < -0.39 is 23.6 Å². The first-order chi connectivity index (χ1) is 33.2. The topological polar surface area (TPSA) is 272 Å². The highest BCUT2D eigenvalue weighted by atomic mass is 16.5. The van der Waals surface area contributed by atoms with Gasteiger partial charge in [-0.2, -0.15) is 9.97 Å². The number of anilines is 1. The van der Waals surface area contributed by atoms with Crippen molar-refractivity contribution in [3.63, 3.8) is 0 Å². The second-order valence-corrected chi connectivity index (χ2v) is 16.9. The number of carbonyl (C=O) groups is 5. The van der Waals surface area contributed by atoms with E-state index in [1.54, 1.807) is 37.3 Å². The Balaban J connectivity index is 1.07. The van der Waals surface area contributed by atoms with Gasteiger partial charge < -0.3 is 56.2 Å². The maximum Gasteiger partial charge on any atom is 0.328 e. The van der Waals surface area contributed by atoms with Crippen LogP contribution in [0.3, 0.4) is 0 Å². The number of nitrogens with zero attached hydrogens (tertiary/aromatic N) is 3. The number of hydrogen-bond acceptors (Lipinski definition) is 14. The molecule has 0 radical (unpaired) electrons. The molecule has 0 aliphatic heterocycles. The minimum absolute atomic E-state index is 0.0116. The summed E-state index contributed by atoms with van der Waals surface area (Å²) in [7, 11) is 0. The fourth-order valence-corrected chi connectivity index (χ4v) is 6.70. The van der Waals surface area contributed by atoms with E-state index in [-0.39, 0.29) is 120 Å². The fraction of sp³-hybridized carbons (Fsp3) is 0.510. The summed E-state index contributed by atoms with van der Waals surface area (Å²) in [5.74, 6) is -1.32. The number of nitrogens with one attached hydrogen (secondary N) is 6. The van der Waals surface area contributed by atoms with Gasteiger partial charge in [0.15, 0.2) is 11.5 Å². The molecule has 0 saturated heterocycles. The molecule has 2 atom stereocenters. The summed E-state index contributed by atoms with van der Waals surface area (Å²) >= 11 is 0. The van der Waals surface area contributed by atoms with E-state index in [0.29, 0.717) is 29.3 Å². The number of carbonyl (C=O) groups excluding carboxylic acids is 5. The minimum Gasteiger partial charge on any atom is -0.465 e. The predicted octanol–water partition coefficient (Wildman–Crippen LogP) is 3.20. The fourth-order valence-electron chi connectivity index (χ4n) is 6.70. The number of imidazole rings is 1. The number of aromatic amines is 1. The second-order valence-electron chi connectivity index (χ2n) is 16.9. The quantitative estimate of drug-likeness (QED) is 0.0217. The Morgan fingerprint density at radius 1 is 0.841 bits per heavy atom. The number of benzene rings is 2. The number of aromatic nitrogens is 4.